The second-order valence-electron chi connectivity index (χ2n) is 17.2. The van der Waals surface area contributed by atoms with Gasteiger partial charge in [0.25, 0.3) is 23.6 Å². The van der Waals surface area contributed by atoms with Crippen LogP contribution in [-0.2, 0) is 30.5 Å². The lowest BCUT2D eigenvalue weighted by Gasteiger charge is -2.40. The summed E-state index contributed by atoms with van der Waals surface area (Å²) in [5.41, 5.74) is 13.8. The number of likely N-dealkylation sites (tertiary alicyclic amines) is 2. The van der Waals surface area contributed by atoms with Gasteiger partial charge in [-0.1, -0.05) is 6.07 Å². The Hall–Kier alpha value is -7.78. The number of nitrogen functional groups attached to an aromatic ring is 2. The van der Waals surface area contributed by atoms with Crippen LogP contribution in [0, 0.1) is 11.8 Å². The Bertz CT molecular complexity index is 2650. The van der Waals surface area contributed by atoms with Crippen molar-refractivity contribution in [3.63, 3.8) is 0 Å². The van der Waals surface area contributed by atoms with Gasteiger partial charge in [0.15, 0.2) is 23.6 Å². The summed E-state index contributed by atoms with van der Waals surface area (Å²) in [6, 6.07) is 8.71. The average Bonchev–Trinajstić information content (AvgIpc) is 3.58. The number of anilines is 3. The molecular formula is C45H50N12O10. The number of amides is 7. The molecular weight excluding hydrogens is 869 g/mol. The van der Waals surface area contributed by atoms with Crippen molar-refractivity contribution in [2.75, 3.05) is 56.2 Å². The number of rotatable bonds is 14. The first-order chi connectivity index (χ1) is 32.1. The SMILES string of the molecule is CN(Cc1cnc2nc(N)nc(N)c2n1)c1ccc(C(=O)N[C@@H](CCC(=O)N2CCC(C3CCN(C(=O)COc4cccc5c4C(=O)N(C4CCC(=O)NC4=O)C5=O)CC3)CC2)C(=O)O)cc1. The summed E-state index contributed by atoms with van der Waals surface area (Å²) in [6.07, 6.45) is 4.52. The minimum Gasteiger partial charge on any atom is -0.483 e. The van der Waals surface area contributed by atoms with Crippen molar-refractivity contribution in [1.82, 2.24) is 45.3 Å². The lowest BCUT2D eigenvalue weighted by Crippen LogP contribution is -2.54. The molecule has 3 saturated heterocycles. The maximum absolute atomic E-state index is 13.4. The Morgan fingerprint density at radius 1 is 0.881 bits per heavy atom. The molecule has 4 aliphatic rings. The van der Waals surface area contributed by atoms with Gasteiger partial charge in [-0.25, -0.2) is 14.8 Å². The summed E-state index contributed by atoms with van der Waals surface area (Å²) in [4.78, 5) is 125. The molecule has 6 heterocycles. The van der Waals surface area contributed by atoms with E-state index in [2.05, 4.69) is 30.6 Å². The number of carbonyl (C=O) groups is 8. The highest BCUT2D eigenvalue weighted by atomic mass is 16.5. The van der Waals surface area contributed by atoms with Gasteiger partial charge in [0, 0.05) is 57.3 Å². The van der Waals surface area contributed by atoms with Gasteiger partial charge in [0.2, 0.25) is 23.7 Å². The molecule has 7 amide bonds. The zero-order chi connectivity index (χ0) is 47.5. The van der Waals surface area contributed by atoms with E-state index in [9.17, 15) is 43.5 Å². The highest BCUT2D eigenvalue weighted by Gasteiger charge is 2.46. The van der Waals surface area contributed by atoms with E-state index in [1.807, 2.05) is 11.9 Å². The number of benzene rings is 2. The second kappa shape index (κ2) is 19.4. The molecule has 0 saturated carbocycles. The number of hydrogen-bond acceptors (Lipinski definition) is 16. The van der Waals surface area contributed by atoms with E-state index in [1.165, 1.54) is 18.2 Å². The third kappa shape index (κ3) is 9.92. The minimum atomic E-state index is -1.27. The van der Waals surface area contributed by atoms with Crippen LogP contribution < -0.4 is 31.7 Å². The van der Waals surface area contributed by atoms with Crippen LogP contribution in [0.2, 0.25) is 0 Å². The van der Waals surface area contributed by atoms with Gasteiger partial charge in [0.1, 0.15) is 17.8 Å². The summed E-state index contributed by atoms with van der Waals surface area (Å²) in [5.74, 6) is -3.97. The van der Waals surface area contributed by atoms with Gasteiger partial charge in [0.05, 0.1) is 29.6 Å². The molecule has 22 nitrogen and oxygen atoms in total. The third-order valence-corrected chi connectivity index (χ3v) is 13.0. The number of nitrogens with one attached hydrogen (secondary N) is 2. The van der Waals surface area contributed by atoms with E-state index in [-0.39, 0.29) is 84.0 Å². The van der Waals surface area contributed by atoms with Crippen LogP contribution in [0.5, 0.6) is 5.75 Å². The molecule has 2 atom stereocenters. The smallest absolute Gasteiger partial charge is 0.326 e. The van der Waals surface area contributed by atoms with Crippen LogP contribution in [0.3, 0.4) is 0 Å². The van der Waals surface area contributed by atoms with Crippen molar-refractivity contribution in [3.8, 4) is 5.75 Å². The van der Waals surface area contributed by atoms with Gasteiger partial charge < -0.3 is 41.3 Å². The molecule has 0 radical (unpaired) electrons. The molecule has 67 heavy (non-hydrogen) atoms. The van der Waals surface area contributed by atoms with Crippen molar-refractivity contribution >= 4 is 75.9 Å². The summed E-state index contributed by atoms with van der Waals surface area (Å²) in [7, 11) is 1.83. The van der Waals surface area contributed by atoms with Crippen LogP contribution >= 0.6 is 0 Å². The number of nitrogens with two attached hydrogens (primary N) is 2. The lowest BCUT2D eigenvalue weighted by atomic mass is 9.78. The largest absolute Gasteiger partial charge is 0.483 e. The van der Waals surface area contributed by atoms with Crippen LogP contribution in [0.4, 0.5) is 17.5 Å². The summed E-state index contributed by atoms with van der Waals surface area (Å²) >= 11 is 0. The van der Waals surface area contributed by atoms with Crippen LogP contribution in [0.15, 0.2) is 48.7 Å². The van der Waals surface area contributed by atoms with E-state index in [4.69, 9.17) is 16.2 Å². The number of carboxylic acid groups (broad SMARTS) is 1. The number of imide groups is 2. The maximum atomic E-state index is 13.4. The monoisotopic (exact) mass is 918 g/mol. The molecule has 0 aliphatic carbocycles. The van der Waals surface area contributed by atoms with Crippen molar-refractivity contribution < 1.29 is 48.2 Å². The Balaban J connectivity index is 0.751. The van der Waals surface area contributed by atoms with Crippen LogP contribution in [-0.4, -0.2) is 139 Å². The number of ether oxygens (including phenoxy) is 1. The number of carbonyl (C=O) groups excluding carboxylic acids is 7. The van der Waals surface area contributed by atoms with E-state index in [1.54, 1.807) is 40.3 Å². The Kier molecular flexibility index (Phi) is 13.2. The Morgan fingerprint density at radius 3 is 2.21 bits per heavy atom. The predicted octanol–water partition coefficient (Wildman–Crippen LogP) is 1.14. The standard InChI is InChI=1S/C45H50N12O10/c1-54(22-27-21-48-39-37(49-27)38(46)52-45(47)53-39)28-7-5-26(6-8-28)40(61)50-30(44(65)66)9-12-34(59)55-17-13-24(14-18-55)25-15-19-56(20-16-25)35(60)23-67-32-4-2-3-29-36(32)43(64)57(42(29)63)31-10-11-33(58)51-41(31)62/h2-8,21,24-25,30-31H,9-20,22-23H2,1H3,(H,50,61)(H,65,66)(H,51,58,62)(H4,46,47,48,52,53)/t30-,31?/m0/s1. The first kappa shape index (κ1) is 45.8. The highest BCUT2D eigenvalue weighted by Crippen LogP contribution is 2.35. The first-order valence-corrected chi connectivity index (χ1v) is 22.1. The van der Waals surface area contributed by atoms with Crippen LogP contribution in [0.25, 0.3) is 11.2 Å². The highest BCUT2D eigenvalue weighted by molar-refractivity contribution is 6.24. The molecule has 2 aromatic heterocycles. The number of piperidine rings is 3. The Labute approximate surface area is 383 Å². The molecule has 0 spiro atoms. The average molecular weight is 919 g/mol. The van der Waals surface area contributed by atoms with Gasteiger partial charge in [-0.3, -0.25) is 43.8 Å². The quantitative estimate of drug-likeness (QED) is 0.111. The molecule has 22 heteroatoms. The zero-order valence-electron chi connectivity index (χ0n) is 36.7. The van der Waals surface area contributed by atoms with Crippen molar-refractivity contribution in [1.29, 1.82) is 0 Å². The zero-order valence-corrected chi connectivity index (χ0v) is 36.7. The molecule has 1 unspecified atom stereocenters. The van der Waals surface area contributed by atoms with Crippen molar-refractivity contribution in [3.05, 3.63) is 71.0 Å². The topological polar surface area (TPSA) is 307 Å². The number of aromatic nitrogens is 4. The normalized spacial score (nSPS) is 18.4. The number of hydrogen-bond donors (Lipinski definition) is 5. The molecule has 350 valence electrons. The number of fused-ring (bicyclic) bond motifs is 2. The van der Waals surface area contributed by atoms with E-state index < -0.39 is 47.6 Å². The molecule has 4 aromatic rings. The third-order valence-electron chi connectivity index (χ3n) is 13.0. The predicted molar refractivity (Wildman–Crippen MR) is 238 cm³/mol. The van der Waals surface area contributed by atoms with E-state index in [0.29, 0.717) is 55.8 Å². The lowest BCUT2D eigenvalue weighted by molar-refractivity contribution is -0.140. The fourth-order valence-electron chi connectivity index (χ4n) is 9.26. The number of aliphatic carboxylic acids is 1. The van der Waals surface area contributed by atoms with Crippen molar-refractivity contribution in [2.24, 2.45) is 11.8 Å². The van der Waals surface area contributed by atoms with Gasteiger partial charge in [-0.05, 0) is 86.8 Å². The van der Waals surface area contributed by atoms with Gasteiger partial charge in [-0.2, -0.15) is 9.97 Å². The second-order valence-corrected chi connectivity index (χ2v) is 17.2. The fraction of sp³-hybridized carbons (Fsp3) is 0.422. The molecule has 3 fully saturated rings. The molecule has 0 bridgehead atoms. The molecule has 8 rings (SSSR count). The Morgan fingerprint density at radius 2 is 1.55 bits per heavy atom. The van der Waals surface area contributed by atoms with Crippen LogP contribution in [0.1, 0.15) is 88.1 Å². The summed E-state index contributed by atoms with van der Waals surface area (Å²) in [6.45, 7) is 2.06. The molecule has 2 aromatic carbocycles. The summed E-state index contributed by atoms with van der Waals surface area (Å²) < 4.78 is 5.82. The van der Waals surface area contributed by atoms with Gasteiger partial charge >= 0.3 is 5.97 Å². The van der Waals surface area contributed by atoms with E-state index in [0.717, 1.165) is 36.3 Å². The minimum absolute atomic E-state index is 0.000898. The fourth-order valence-corrected chi connectivity index (χ4v) is 9.26. The number of nitrogens with zero attached hydrogens (tertiary/aromatic N) is 8. The van der Waals surface area contributed by atoms with E-state index >= 15 is 0 Å². The first-order valence-electron chi connectivity index (χ1n) is 22.1. The summed E-state index contributed by atoms with van der Waals surface area (Å²) in [5, 5.41) is 14.6. The molecule has 4 aliphatic heterocycles. The van der Waals surface area contributed by atoms with Crippen molar-refractivity contribution in [2.45, 2.75) is 70.0 Å². The number of carboxylic acids is 1. The van der Waals surface area contributed by atoms with Gasteiger partial charge in [-0.15, -0.1) is 0 Å². The molecule has 7 N–H and O–H groups in total. The maximum Gasteiger partial charge on any atom is 0.326 e.